The molecule has 0 aromatic carbocycles. The second kappa shape index (κ2) is 6.16. The standard InChI is InChI=1S/C17H15N7O/c1-24-10-12(8-20-24)11-5-15-14(18-7-11)3-4-16(21-15)22-17-6-13(25-2)9-19-23-17/h3-10H,1-2H3,(H,21,22,23). The number of fused-ring (bicyclic) bond motifs is 1. The largest absolute Gasteiger partial charge is 0.495 e. The van der Waals surface area contributed by atoms with Crippen LogP contribution < -0.4 is 10.1 Å². The number of aryl methyl sites for hydroxylation is 1. The quantitative estimate of drug-likeness (QED) is 0.614. The summed E-state index contributed by atoms with van der Waals surface area (Å²) in [5, 5.41) is 15.2. The van der Waals surface area contributed by atoms with Crippen LogP contribution in [0.3, 0.4) is 0 Å². The molecule has 0 amide bonds. The number of methoxy groups -OCH3 is 1. The fourth-order valence-corrected chi connectivity index (χ4v) is 2.46. The topological polar surface area (TPSA) is 90.6 Å². The molecule has 0 aliphatic heterocycles. The van der Waals surface area contributed by atoms with Gasteiger partial charge in [0.15, 0.2) is 5.82 Å². The number of anilines is 2. The SMILES string of the molecule is COc1cnnc(Nc2ccc3ncc(-c4cnn(C)c4)cc3n2)c1. The van der Waals surface area contributed by atoms with Crippen LogP contribution in [0.1, 0.15) is 0 Å². The van der Waals surface area contributed by atoms with Gasteiger partial charge in [-0.3, -0.25) is 9.67 Å². The smallest absolute Gasteiger partial charge is 0.157 e. The molecule has 124 valence electrons. The molecule has 0 radical (unpaired) electrons. The van der Waals surface area contributed by atoms with Gasteiger partial charge in [-0.2, -0.15) is 10.2 Å². The van der Waals surface area contributed by atoms with E-state index in [9.17, 15) is 0 Å². The fraction of sp³-hybridized carbons (Fsp3) is 0.118. The Bertz CT molecular complexity index is 1040. The van der Waals surface area contributed by atoms with Crippen molar-refractivity contribution in [1.82, 2.24) is 29.9 Å². The molecule has 0 aliphatic rings. The van der Waals surface area contributed by atoms with Crippen LogP contribution >= 0.6 is 0 Å². The summed E-state index contributed by atoms with van der Waals surface area (Å²) in [5.74, 6) is 1.83. The Morgan fingerprint density at radius 2 is 1.92 bits per heavy atom. The molecule has 0 spiro atoms. The maximum absolute atomic E-state index is 5.15. The third-order valence-electron chi connectivity index (χ3n) is 3.70. The molecule has 0 fully saturated rings. The number of hydrogen-bond donors (Lipinski definition) is 1. The van der Waals surface area contributed by atoms with E-state index in [0.29, 0.717) is 17.4 Å². The second-order valence-electron chi connectivity index (χ2n) is 5.47. The van der Waals surface area contributed by atoms with Crippen molar-refractivity contribution in [3.05, 3.63) is 49.1 Å². The van der Waals surface area contributed by atoms with Crippen molar-refractivity contribution in [1.29, 1.82) is 0 Å². The van der Waals surface area contributed by atoms with Gasteiger partial charge in [-0.1, -0.05) is 0 Å². The van der Waals surface area contributed by atoms with E-state index in [1.807, 2.05) is 37.6 Å². The number of hydrogen-bond acceptors (Lipinski definition) is 7. The lowest BCUT2D eigenvalue weighted by Crippen LogP contribution is -1.98. The molecular weight excluding hydrogens is 318 g/mol. The van der Waals surface area contributed by atoms with Crippen LogP contribution in [0.2, 0.25) is 0 Å². The van der Waals surface area contributed by atoms with Crippen molar-refractivity contribution in [3.63, 3.8) is 0 Å². The monoisotopic (exact) mass is 333 g/mol. The Kier molecular flexibility index (Phi) is 3.70. The van der Waals surface area contributed by atoms with Crippen molar-refractivity contribution in [2.24, 2.45) is 7.05 Å². The second-order valence-corrected chi connectivity index (χ2v) is 5.47. The van der Waals surface area contributed by atoms with Gasteiger partial charge in [-0.05, 0) is 18.2 Å². The van der Waals surface area contributed by atoms with Gasteiger partial charge in [0, 0.05) is 36.6 Å². The van der Waals surface area contributed by atoms with Crippen molar-refractivity contribution in [3.8, 4) is 16.9 Å². The minimum atomic E-state index is 0.558. The molecule has 0 bridgehead atoms. The summed E-state index contributed by atoms with van der Waals surface area (Å²) in [7, 11) is 3.47. The van der Waals surface area contributed by atoms with E-state index < -0.39 is 0 Å². The molecule has 4 aromatic heterocycles. The predicted octanol–water partition coefficient (Wildman–Crippen LogP) is 2.57. The molecule has 0 atom stereocenters. The summed E-state index contributed by atoms with van der Waals surface area (Å²) < 4.78 is 6.91. The van der Waals surface area contributed by atoms with E-state index in [0.717, 1.165) is 22.2 Å². The van der Waals surface area contributed by atoms with Crippen LogP contribution in [0, 0.1) is 0 Å². The summed E-state index contributed by atoms with van der Waals surface area (Å²) in [6.45, 7) is 0. The Hall–Kier alpha value is -3.55. The molecule has 0 unspecified atom stereocenters. The molecule has 4 rings (SSSR count). The highest BCUT2D eigenvalue weighted by Crippen LogP contribution is 2.23. The number of nitrogens with zero attached hydrogens (tertiary/aromatic N) is 6. The minimum Gasteiger partial charge on any atom is -0.495 e. The highest BCUT2D eigenvalue weighted by atomic mass is 16.5. The maximum Gasteiger partial charge on any atom is 0.157 e. The Labute approximate surface area is 143 Å². The van der Waals surface area contributed by atoms with E-state index in [-0.39, 0.29) is 0 Å². The van der Waals surface area contributed by atoms with Crippen molar-refractivity contribution >= 4 is 22.7 Å². The third-order valence-corrected chi connectivity index (χ3v) is 3.70. The van der Waals surface area contributed by atoms with Crippen molar-refractivity contribution in [2.75, 3.05) is 12.4 Å². The first-order valence-electron chi connectivity index (χ1n) is 7.61. The molecule has 0 saturated heterocycles. The number of ether oxygens (including phenoxy) is 1. The Morgan fingerprint density at radius 1 is 1.00 bits per heavy atom. The lowest BCUT2D eigenvalue weighted by atomic mass is 10.1. The number of nitrogens with one attached hydrogen (secondary N) is 1. The first kappa shape index (κ1) is 15.0. The van der Waals surface area contributed by atoms with Crippen LogP contribution in [-0.2, 0) is 7.05 Å². The number of aromatic nitrogens is 6. The van der Waals surface area contributed by atoms with Crippen LogP contribution in [0.4, 0.5) is 11.6 Å². The van der Waals surface area contributed by atoms with E-state index in [1.54, 1.807) is 30.3 Å². The molecule has 1 N–H and O–H groups in total. The van der Waals surface area contributed by atoms with Gasteiger partial charge in [0.2, 0.25) is 0 Å². The maximum atomic E-state index is 5.15. The fourth-order valence-electron chi connectivity index (χ4n) is 2.46. The van der Waals surface area contributed by atoms with Crippen molar-refractivity contribution in [2.45, 2.75) is 0 Å². The molecule has 0 saturated carbocycles. The Morgan fingerprint density at radius 3 is 2.72 bits per heavy atom. The van der Waals surface area contributed by atoms with Crippen LogP contribution in [0.5, 0.6) is 5.75 Å². The summed E-state index contributed by atoms with van der Waals surface area (Å²) in [4.78, 5) is 9.08. The third kappa shape index (κ3) is 3.09. The Balaban J connectivity index is 1.68. The van der Waals surface area contributed by atoms with Gasteiger partial charge in [-0.25, -0.2) is 4.98 Å². The average Bonchev–Trinajstić information content (AvgIpc) is 3.08. The van der Waals surface area contributed by atoms with Gasteiger partial charge >= 0.3 is 0 Å². The van der Waals surface area contributed by atoms with E-state index in [2.05, 4.69) is 30.6 Å². The molecule has 8 nitrogen and oxygen atoms in total. The summed E-state index contributed by atoms with van der Waals surface area (Å²) >= 11 is 0. The van der Waals surface area contributed by atoms with Gasteiger partial charge in [0.1, 0.15) is 11.6 Å². The van der Waals surface area contributed by atoms with Gasteiger partial charge < -0.3 is 10.1 Å². The highest BCUT2D eigenvalue weighted by molar-refractivity contribution is 5.81. The van der Waals surface area contributed by atoms with Crippen LogP contribution in [0.25, 0.3) is 22.2 Å². The van der Waals surface area contributed by atoms with Gasteiger partial charge in [0.25, 0.3) is 0 Å². The summed E-state index contributed by atoms with van der Waals surface area (Å²) in [6, 6.07) is 7.50. The van der Waals surface area contributed by atoms with E-state index in [4.69, 9.17) is 4.74 Å². The van der Waals surface area contributed by atoms with Crippen LogP contribution in [0.15, 0.2) is 49.1 Å². The van der Waals surface area contributed by atoms with Crippen LogP contribution in [-0.4, -0.2) is 37.1 Å². The normalized spacial score (nSPS) is 10.8. The molecule has 4 aromatic rings. The molecule has 25 heavy (non-hydrogen) atoms. The van der Waals surface area contributed by atoms with E-state index in [1.165, 1.54) is 0 Å². The minimum absolute atomic E-state index is 0.558. The van der Waals surface area contributed by atoms with Crippen molar-refractivity contribution < 1.29 is 4.74 Å². The highest BCUT2D eigenvalue weighted by Gasteiger charge is 2.06. The summed E-state index contributed by atoms with van der Waals surface area (Å²) in [5.41, 5.74) is 3.55. The number of rotatable bonds is 4. The lowest BCUT2D eigenvalue weighted by molar-refractivity contribution is 0.412. The zero-order valence-electron chi connectivity index (χ0n) is 13.7. The summed E-state index contributed by atoms with van der Waals surface area (Å²) in [6.07, 6.45) is 7.11. The average molecular weight is 333 g/mol. The molecule has 4 heterocycles. The van der Waals surface area contributed by atoms with Gasteiger partial charge in [0.05, 0.1) is 30.5 Å². The first-order valence-corrected chi connectivity index (χ1v) is 7.61. The predicted molar refractivity (Wildman–Crippen MR) is 93.6 cm³/mol. The molecule has 8 heteroatoms. The van der Waals surface area contributed by atoms with E-state index >= 15 is 0 Å². The zero-order valence-corrected chi connectivity index (χ0v) is 13.7. The number of pyridine rings is 2. The molecule has 0 aliphatic carbocycles. The molecular formula is C17H15N7O. The first-order chi connectivity index (χ1) is 12.2. The zero-order chi connectivity index (χ0) is 17.2. The van der Waals surface area contributed by atoms with Gasteiger partial charge in [-0.15, -0.1) is 5.10 Å². The lowest BCUT2D eigenvalue weighted by Gasteiger charge is -2.07.